The Morgan fingerprint density at radius 2 is 2.06 bits per heavy atom. The predicted octanol–water partition coefficient (Wildman–Crippen LogP) is 4.35. The molecule has 2 rings (SSSR count). The van der Waals surface area contributed by atoms with E-state index in [-0.39, 0.29) is 11.2 Å². The molecule has 1 aromatic carbocycles. The molecule has 1 fully saturated rings. The molecule has 1 aliphatic rings. The molecular weight excluding hydrogens is 251 g/mol. The van der Waals surface area contributed by atoms with Gasteiger partial charge in [0.25, 0.3) is 0 Å². The molecule has 0 bridgehead atoms. The molecule has 0 saturated heterocycles. The van der Waals surface area contributed by atoms with Gasteiger partial charge in [-0.3, -0.25) is 0 Å². The number of hydrogen-bond donors (Lipinski definition) is 1. The van der Waals surface area contributed by atoms with Crippen LogP contribution in [-0.2, 0) is 6.42 Å². The summed E-state index contributed by atoms with van der Waals surface area (Å²) in [5.41, 5.74) is 0.722. The lowest BCUT2D eigenvalue weighted by molar-refractivity contribution is 0.0257. The van der Waals surface area contributed by atoms with E-state index in [1.165, 1.54) is 25.0 Å². The number of rotatable bonds is 4. The number of aliphatic hydroxyl groups is 1. The highest BCUT2D eigenvalue weighted by Crippen LogP contribution is 2.45. The van der Waals surface area contributed by atoms with Crippen molar-refractivity contribution in [3.8, 4) is 0 Å². The van der Waals surface area contributed by atoms with E-state index in [9.17, 15) is 9.50 Å². The second-order valence-corrected chi connectivity index (χ2v) is 5.79. The molecule has 0 heterocycles. The highest BCUT2D eigenvalue weighted by molar-refractivity contribution is 6.31. The van der Waals surface area contributed by atoms with E-state index in [0.717, 1.165) is 19.3 Å². The number of hydrogen-bond acceptors (Lipinski definition) is 1. The maximum Gasteiger partial charge on any atom is 0.123 e. The van der Waals surface area contributed by atoms with Gasteiger partial charge in [0.05, 0.1) is 6.10 Å². The van der Waals surface area contributed by atoms with E-state index in [0.29, 0.717) is 17.0 Å². The molecular formula is C15H20ClFO. The summed E-state index contributed by atoms with van der Waals surface area (Å²) >= 11 is 6.06. The summed E-state index contributed by atoms with van der Waals surface area (Å²) in [6, 6.07) is 4.35. The Kier molecular flexibility index (Phi) is 4.29. The van der Waals surface area contributed by atoms with Crippen molar-refractivity contribution in [3.63, 3.8) is 0 Å². The third-order valence-corrected chi connectivity index (χ3v) is 4.80. The predicted molar refractivity (Wildman–Crippen MR) is 72.3 cm³/mol. The van der Waals surface area contributed by atoms with Crippen LogP contribution in [0, 0.1) is 11.2 Å². The molecule has 1 atom stereocenters. The average molecular weight is 271 g/mol. The van der Waals surface area contributed by atoms with E-state index in [1.54, 1.807) is 6.07 Å². The minimum Gasteiger partial charge on any atom is -0.392 e. The fraction of sp³-hybridized carbons (Fsp3) is 0.600. The summed E-state index contributed by atoms with van der Waals surface area (Å²) in [5.74, 6) is -0.293. The van der Waals surface area contributed by atoms with Crippen molar-refractivity contribution in [2.75, 3.05) is 0 Å². The molecule has 1 aromatic rings. The summed E-state index contributed by atoms with van der Waals surface area (Å²) in [6.07, 6.45) is 5.49. The van der Waals surface area contributed by atoms with Crippen LogP contribution in [0.5, 0.6) is 0 Å². The third-order valence-electron chi connectivity index (χ3n) is 4.43. The van der Waals surface area contributed by atoms with Crippen molar-refractivity contribution in [1.82, 2.24) is 0 Å². The van der Waals surface area contributed by atoms with Crippen LogP contribution in [0.1, 0.15) is 44.6 Å². The Hall–Kier alpha value is -0.600. The topological polar surface area (TPSA) is 20.2 Å². The molecule has 1 N–H and O–H groups in total. The number of aliphatic hydroxyl groups excluding tert-OH is 1. The quantitative estimate of drug-likeness (QED) is 0.862. The molecule has 1 unspecified atom stereocenters. The summed E-state index contributed by atoms with van der Waals surface area (Å²) in [7, 11) is 0. The van der Waals surface area contributed by atoms with Gasteiger partial charge in [0, 0.05) is 11.4 Å². The Bertz CT molecular complexity index is 413. The maximum atomic E-state index is 13.2. The molecule has 1 nitrogen and oxygen atoms in total. The minimum absolute atomic E-state index is 0.00957. The summed E-state index contributed by atoms with van der Waals surface area (Å²) in [5, 5.41) is 11.0. The average Bonchev–Trinajstić information content (AvgIpc) is 2.84. The van der Waals surface area contributed by atoms with Crippen molar-refractivity contribution >= 4 is 11.6 Å². The van der Waals surface area contributed by atoms with Gasteiger partial charge in [-0.05, 0) is 48.4 Å². The Morgan fingerprint density at radius 3 is 2.67 bits per heavy atom. The van der Waals surface area contributed by atoms with Gasteiger partial charge in [-0.15, -0.1) is 0 Å². The van der Waals surface area contributed by atoms with Crippen molar-refractivity contribution in [2.45, 2.75) is 51.6 Å². The minimum atomic E-state index is -0.427. The van der Waals surface area contributed by atoms with Crippen molar-refractivity contribution in [1.29, 1.82) is 0 Å². The van der Waals surface area contributed by atoms with Crippen LogP contribution in [0.25, 0.3) is 0 Å². The van der Waals surface area contributed by atoms with Gasteiger partial charge in [-0.25, -0.2) is 4.39 Å². The van der Waals surface area contributed by atoms with E-state index in [4.69, 9.17) is 11.6 Å². The monoisotopic (exact) mass is 270 g/mol. The number of benzene rings is 1. The molecule has 0 spiro atoms. The Labute approximate surface area is 113 Å². The first-order valence-corrected chi connectivity index (χ1v) is 7.07. The lowest BCUT2D eigenvalue weighted by atomic mass is 9.76. The SMILES string of the molecule is CCC1(C(O)Cc2cc(F)ccc2Cl)CCCC1. The van der Waals surface area contributed by atoms with E-state index >= 15 is 0 Å². The second-order valence-electron chi connectivity index (χ2n) is 5.38. The molecule has 0 radical (unpaired) electrons. The van der Waals surface area contributed by atoms with Gasteiger partial charge in [-0.1, -0.05) is 31.4 Å². The fourth-order valence-electron chi connectivity index (χ4n) is 3.13. The zero-order valence-electron chi connectivity index (χ0n) is 10.8. The lowest BCUT2D eigenvalue weighted by Gasteiger charge is -2.33. The highest BCUT2D eigenvalue weighted by Gasteiger charge is 2.38. The first-order valence-electron chi connectivity index (χ1n) is 6.69. The van der Waals surface area contributed by atoms with Gasteiger partial charge in [-0.2, -0.15) is 0 Å². The second kappa shape index (κ2) is 5.58. The highest BCUT2D eigenvalue weighted by atomic mass is 35.5. The van der Waals surface area contributed by atoms with Gasteiger partial charge >= 0.3 is 0 Å². The van der Waals surface area contributed by atoms with Gasteiger partial charge in [0.15, 0.2) is 0 Å². The van der Waals surface area contributed by atoms with E-state index in [1.807, 2.05) is 0 Å². The molecule has 1 saturated carbocycles. The van der Waals surface area contributed by atoms with E-state index < -0.39 is 6.10 Å². The molecule has 18 heavy (non-hydrogen) atoms. The summed E-state index contributed by atoms with van der Waals surface area (Å²) in [4.78, 5) is 0. The summed E-state index contributed by atoms with van der Waals surface area (Å²) < 4.78 is 13.2. The van der Waals surface area contributed by atoms with Crippen molar-refractivity contribution < 1.29 is 9.50 Å². The van der Waals surface area contributed by atoms with Crippen LogP contribution >= 0.6 is 11.6 Å². The van der Waals surface area contributed by atoms with Gasteiger partial charge < -0.3 is 5.11 Å². The first kappa shape index (κ1) is 13.8. The van der Waals surface area contributed by atoms with Crippen LogP contribution in [-0.4, -0.2) is 11.2 Å². The smallest absolute Gasteiger partial charge is 0.123 e. The molecule has 3 heteroatoms. The van der Waals surface area contributed by atoms with Crippen LogP contribution in [0.4, 0.5) is 4.39 Å². The Balaban J connectivity index is 2.15. The number of halogens is 2. The molecule has 0 aliphatic heterocycles. The molecule has 0 aromatic heterocycles. The van der Waals surface area contributed by atoms with Gasteiger partial charge in [0.2, 0.25) is 0 Å². The molecule has 0 amide bonds. The van der Waals surface area contributed by atoms with Crippen LogP contribution in [0.3, 0.4) is 0 Å². The molecule has 100 valence electrons. The molecule has 1 aliphatic carbocycles. The van der Waals surface area contributed by atoms with E-state index in [2.05, 4.69) is 6.92 Å². The van der Waals surface area contributed by atoms with Crippen molar-refractivity contribution in [3.05, 3.63) is 34.6 Å². The largest absolute Gasteiger partial charge is 0.392 e. The first-order chi connectivity index (χ1) is 8.57. The zero-order chi connectivity index (χ0) is 13.2. The van der Waals surface area contributed by atoms with Crippen LogP contribution < -0.4 is 0 Å². The zero-order valence-corrected chi connectivity index (χ0v) is 11.5. The lowest BCUT2D eigenvalue weighted by Crippen LogP contribution is -2.33. The maximum absolute atomic E-state index is 13.2. The van der Waals surface area contributed by atoms with Crippen molar-refractivity contribution in [2.24, 2.45) is 5.41 Å². The normalized spacial score (nSPS) is 20.0. The summed E-state index contributed by atoms with van der Waals surface area (Å²) in [6.45, 7) is 2.13. The Morgan fingerprint density at radius 1 is 1.39 bits per heavy atom. The standard InChI is InChI=1S/C15H20ClFO/c1-2-15(7-3-4-8-15)14(18)10-11-9-12(17)5-6-13(11)16/h5-6,9,14,18H,2-4,7-8,10H2,1H3. The van der Waals surface area contributed by atoms with Crippen LogP contribution in [0.15, 0.2) is 18.2 Å². The van der Waals surface area contributed by atoms with Gasteiger partial charge in [0.1, 0.15) is 5.82 Å². The fourth-order valence-corrected chi connectivity index (χ4v) is 3.32. The van der Waals surface area contributed by atoms with Crippen LogP contribution in [0.2, 0.25) is 5.02 Å². The third kappa shape index (κ3) is 2.70.